The van der Waals surface area contributed by atoms with Gasteiger partial charge in [-0.3, -0.25) is 9.59 Å². The first-order valence-corrected chi connectivity index (χ1v) is 11.6. The zero-order valence-electron chi connectivity index (χ0n) is 17.2. The zero-order valence-corrected chi connectivity index (χ0v) is 18.8. The predicted molar refractivity (Wildman–Crippen MR) is 115 cm³/mol. The van der Waals surface area contributed by atoms with Crippen molar-refractivity contribution in [1.82, 2.24) is 4.31 Å². The number of benzene rings is 2. The number of hydrogen-bond acceptors (Lipinski definition) is 6. The Kier molecular flexibility index (Phi) is 7.70. The maximum absolute atomic E-state index is 13.1. The third kappa shape index (κ3) is 5.76. The van der Waals surface area contributed by atoms with Crippen molar-refractivity contribution in [2.24, 2.45) is 5.92 Å². The van der Waals surface area contributed by atoms with E-state index in [0.29, 0.717) is 29.3 Å². The van der Waals surface area contributed by atoms with Crippen molar-refractivity contribution >= 4 is 39.2 Å². The number of carbonyl (C=O) groups is 2. The van der Waals surface area contributed by atoms with Crippen LogP contribution in [0.4, 0.5) is 10.1 Å². The van der Waals surface area contributed by atoms with Gasteiger partial charge in [-0.2, -0.15) is 4.31 Å². The fourth-order valence-corrected chi connectivity index (χ4v) is 5.02. The molecule has 1 aliphatic heterocycles. The molecule has 1 aliphatic rings. The summed E-state index contributed by atoms with van der Waals surface area (Å²) in [5, 5.41) is 2.95. The molecule has 0 saturated carbocycles. The second-order valence-electron chi connectivity index (χ2n) is 7.16. The van der Waals surface area contributed by atoms with Crippen molar-refractivity contribution in [2.45, 2.75) is 17.7 Å². The fourth-order valence-electron chi connectivity index (χ4n) is 3.33. The number of ether oxygens (including phenoxy) is 2. The molecular weight excluding hydrogens is 463 g/mol. The molecule has 1 amide bonds. The van der Waals surface area contributed by atoms with Crippen LogP contribution in [-0.4, -0.2) is 51.4 Å². The molecule has 3 rings (SSSR count). The second-order valence-corrected chi connectivity index (χ2v) is 9.53. The number of piperidine rings is 1. The Morgan fingerprint density at radius 2 is 1.94 bits per heavy atom. The molecule has 0 spiro atoms. The topological polar surface area (TPSA) is 102 Å². The highest BCUT2D eigenvalue weighted by molar-refractivity contribution is 7.89. The number of anilines is 1. The molecule has 1 saturated heterocycles. The fraction of sp³-hybridized carbons (Fsp3) is 0.333. The Balaban J connectivity index is 1.58. The molecule has 1 N–H and O–H groups in total. The van der Waals surface area contributed by atoms with Crippen LogP contribution >= 0.6 is 11.6 Å². The van der Waals surface area contributed by atoms with Gasteiger partial charge in [0.15, 0.2) is 6.61 Å². The number of nitrogens with zero attached hydrogens (tertiary/aromatic N) is 1. The summed E-state index contributed by atoms with van der Waals surface area (Å²) in [6.07, 6.45) is 0.879. The number of hydrogen-bond donors (Lipinski definition) is 1. The standard InChI is InChI=1S/C21H22ClFN2O6S/c1-30-19-9-4-15(22)11-18(19)24-20(26)13-31-21(27)14-3-2-10-25(12-14)32(28,29)17-7-5-16(23)6-8-17/h4-9,11,14H,2-3,10,12-13H2,1H3,(H,24,26). The van der Waals surface area contributed by atoms with Gasteiger partial charge in [0.25, 0.3) is 5.91 Å². The predicted octanol–water partition coefficient (Wildman–Crippen LogP) is 3.07. The number of amides is 1. The van der Waals surface area contributed by atoms with E-state index in [1.165, 1.54) is 29.6 Å². The Hall–Kier alpha value is -2.69. The molecule has 0 aliphatic carbocycles. The average Bonchev–Trinajstić information content (AvgIpc) is 2.78. The van der Waals surface area contributed by atoms with E-state index in [1.807, 2.05) is 0 Å². The molecule has 0 radical (unpaired) electrons. The van der Waals surface area contributed by atoms with Gasteiger partial charge in [0, 0.05) is 18.1 Å². The molecule has 0 bridgehead atoms. The number of nitrogens with one attached hydrogen (secondary N) is 1. The lowest BCUT2D eigenvalue weighted by atomic mass is 10.00. The summed E-state index contributed by atoms with van der Waals surface area (Å²) >= 11 is 5.92. The van der Waals surface area contributed by atoms with Crippen molar-refractivity contribution in [3.05, 3.63) is 53.3 Å². The Labute approximate surface area is 190 Å². The van der Waals surface area contributed by atoms with Crippen LogP contribution in [0.3, 0.4) is 0 Å². The minimum atomic E-state index is -3.88. The maximum Gasteiger partial charge on any atom is 0.310 e. The normalized spacial score (nSPS) is 16.9. The van der Waals surface area contributed by atoms with Crippen LogP contribution in [-0.2, 0) is 24.3 Å². The first kappa shape index (κ1) is 24.0. The monoisotopic (exact) mass is 484 g/mol. The summed E-state index contributed by atoms with van der Waals surface area (Å²) < 4.78 is 50.1. The first-order valence-electron chi connectivity index (χ1n) is 9.76. The van der Waals surface area contributed by atoms with Gasteiger partial charge in [-0.15, -0.1) is 0 Å². The lowest BCUT2D eigenvalue weighted by Crippen LogP contribution is -2.43. The SMILES string of the molecule is COc1ccc(Cl)cc1NC(=O)COC(=O)C1CCCN(S(=O)(=O)c2ccc(F)cc2)C1. The smallest absolute Gasteiger partial charge is 0.310 e. The first-order chi connectivity index (χ1) is 15.2. The van der Waals surface area contributed by atoms with Gasteiger partial charge < -0.3 is 14.8 Å². The van der Waals surface area contributed by atoms with Gasteiger partial charge in [0.2, 0.25) is 10.0 Å². The van der Waals surface area contributed by atoms with Gasteiger partial charge >= 0.3 is 5.97 Å². The van der Waals surface area contributed by atoms with E-state index in [0.717, 1.165) is 12.1 Å². The van der Waals surface area contributed by atoms with Crippen LogP contribution in [0.1, 0.15) is 12.8 Å². The minimum Gasteiger partial charge on any atom is -0.495 e. The van der Waals surface area contributed by atoms with Crippen LogP contribution in [0, 0.1) is 11.7 Å². The summed E-state index contributed by atoms with van der Waals surface area (Å²) in [5.41, 5.74) is 0.329. The van der Waals surface area contributed by atoms with E-state index in [4.69, 9.17) is 21.1 Å². The molecule has 1 atom stereocenters. The summed E-state index contributed by atoms with van der Waals surface area (Å²) in [7, 11) is -2.44. The Bertz CT molecular complexity index is 1090. The average molecular weight is 485 g/mol. The molecule has 172 valence electrons. The van der Waals surface area contributed by atoms with Gasteiger partial charge in [-0.05, 0) is 55.3 Å². The molecule has 8 nitrogen and oxygen atoms in total. The maximum atomic E-state index is 13.1. The summed E-state index contributed by atoms with van der Waals surface area (Å²) in [4.78, 5) is 24.6. The minimum absolute atomic E-state index is 0.0530. The van der Waals surface area contributed by atoms with Crippen molar-refractivity contribution < 1.29 is 31.9 Å². The molecule has 2 aromatic rings. The van der Waals surface area contributed by atoms with Crippen molar-refractivity contribution in [1.29, 1.82) is 0 Å². The third-order valence-corrected chi connectivity index (χ3v) is 7.06. The van der Waals surface area contributed by atoms with Crippen LogP contribution in [0.5, 0.6) is 5.75 Å². The summed E-state index contributed by atoms with van der Waals surface area (Å²) in [6, 6.07) is 9.18. The molecular formula is C21H22ClFN2O6S. The highest BCUT2D eigenvalue weighted by Crippen LogP contribution is 2.28. The number of esters is 1. The summed E-state index contributed by atoms with van der Waals surface area (Å²) in [6.45, 7) is -0.392. The van der Waals surface area contributed by atoms with E-state index in [9.17, 15) is 22.4 Å². The van der Waals surface area contributed by atoms with Crippen molar-refractivity contribution in [3.63, 3.8) is 0 Å². The lowest BCUT2D eigenvalue weighted by molar-refractivity contribution is -0.152. The molecule has 11 heteroatoms. The van der Waals surface area contributed by atoms with Gasteiger partial charge in [0.1, 0.15) is 11.6 Å². The molecule has 0 aromatic heterocycles. The second kappa shape index (κ2) is 10.3. The summed E-state index contributed by atoms with van der Waals surface area (Å²) in [5.74, 6) is -2.13. The molecule has 1 heterocycles. The largest absolute Gasteiger partial charge is 0.495 e. The molecule has 32 heavy (non-hydrogen) atoms. The van der Waals surface area contributed by atoms with Crippen molar-refractivity contribution in [2.75, 3.05) is 32.1 Å². The van der Waals surface area contributed by atoms with Crippen LogP contribution in [0.2, 0.25) is 5.02 Å². The Morgan fingerprint density at radius 1 is 1.22 bits per heavy atom. The van der Waals surface area contributed by atoms with Crippen LogP contribution in [0.25, 0.3) is 0 Å². The highest BCUT2D eigenvalue weighted by atomic mass is 35.5. The van der Waals surface area contributed by atoms with Gasteiger partial charge in [-0.1, -0.05) is 11.6 Å². The van der Waals surface area contributed by atoms with E-state index in [2.05, 4.69) is 5.32 Å². The quantitative estimate of drug-likeness (QED) is 0.606. The van der Waals surface area contributed by atoms with E-state index in [-0.39, 0.29) is 18.0 Å². The van der Waals surface area contributed by atoms with E-state index >= 15 is 0 Å². The number of rotatable bonds is 7. The molecule has 1 fully saturated rings. The van der Waals surface area contributed by atoms with Crippen molar-refractivity contribution in [3.8, 4) is 5.75 Å². The van der Waals surface area contributed by atoms with Gasteiger partial charge in [-0.25, -0.2) is 12.8 Å². The number of halogens is 2. The van der Waals surface area contributed by atoms with E-state index in [1.54, 1.807) is 12.1 Å². The van der Waals surface area contributed by atoms with Crippen LogP contribution in [0.15, 0.2) is 47.4 Å². The molecule has 1 unspecified atom stereocenters. The third-order valence-electron chi connectivity index (χ3n) is 4.95. The Morgan fingerprint density at radius 3 is 2.62 bits per heavy atom. The lowest BCUT2D eigenvalue weighted by Gasteiger charge is -2.30. The van der Waals surface area contributed by atoms with Gasteiger partial charge in [0.05, 0.1) is 23.6 Å². The zero-order chi connectivity index (χ0) is 23.3. The van der Waals surface area contributed by atoms with Crippen LogP contribution < -0.4 is 10.1 Å². The number of carbonyl (C=O) groups excluding carboxylic acids is 2. The number of methoxy groups -OCH3 is 1. The highest BCUT2D eigenvalue weighted by Gasteiger charge is 2.34. The molecule has 2 aromatic carbocycles. The number of sulfonamides is 1. The van der Waals surface area contributed by atoms with E-state index < -0.39 is 40.2 Å².